The van der Waals surface area contributed by atoms with Gasteiger partial charge in [-0.1, -0.05) is 47.8 Å². The first kappa shape index (κ1) is 20.9. The monoisotopic (exact) mass is 494 g/mol. The fourth-order valence-corrected chi connectivity index (χ4v) is 2.08. The minimum absolute atomic E-state index is 0.137. The Balaban J connectivity index is 4.29. The maximum atomic E-state index is 11.4. The molecule has 0 unspecified atom stereocenters. The summed E-state index contributed by atoms with van der Waals surface area (Å²) in [4.78, 5) is 34.0. The molecule has 6 nitrogen and oxygen atoms in total. The van der Waals surface area contributed by atoms with E-state index in [9.17, 15) is 14.4 Å². The second-order valence-corrected chi connectivity index (χ2v) is 6.17. The van der Waals surface area contributed by atoms with E-state index in [1.807, 2.05) is 0 Å². The zero-order chi connectivity index (χ0) is 16.1. The van der Waals surface area contributed by atoms with E-state index in [-0.39, 0.29) is 32.5 Å². The average molecular weight is 497 g/mol. The van der Waals surface area contributed by atoms with Gasteiger partial charge in [-0.3, -0.25) is 14.4 Å². The Kier molecular flexibility index (Phi) is 13.4. The molecule has 21 heavy (non-hydrogen) atoms. The Bertz CT molecular complexity index is 315. The molecule has 0 aliphatic rings. The zero-order valence-electron chi connectivity index (χ0n) is 11.3. The Morgan fingerprint density at radius 3 is 1.48 bits per heavy atom. The number of carbonyl (C=O) groups is 3. The van der Waals surface area contributed by atoms with Crippen LogP contribution >= 0.6 is 47.8 Å². The van der Waals surface area contributed by atoms with Gasteiger partial charge in [0.05, 0.1) is 19.3 Å². The third-order valence-electron chi connectivity index (χ3n) is 2.05. The molecule has 0 saturated carbocycles. The van der Waals surface area contributed by atoms with E-state index >= 15 is 0 Å². The van der Waals surface area contributed by atoms with Crippen LogP contribution in [0.25, 0.3) is 0 Å². The van der Waals surface area contributed by atoms with E-state index in [2.05, 4.69) is 47.8 Å². The molecule has 0 aliphatic carbocycles. The standard InChI is InChI=1S/C12H17Br3O6/c13-4-1-10(16)19-7-9(21-12(18)3-6-15)8-20-11(17)2-5-14/h9H,1-8H2. The van der Waals surface area contributed by atoms with Crippen LogP contribution in [0, 0.1) is 0 Å². The maximum absolute atomic E-state index is 11.4. The van der Waals surface area contributed by atoms with Crippen molar-refractivity contribution in [3.8, 4) is 0 Å². The number of alkyl halides is 3. The number of hydrogen-bond acceptors (Lipinski definition) is 6. The topological polar surface area (TPSA) is 78.9 Å². The van der Waals surface area contributed by atoms with Gasteiger partial charge in [-0.25, -0.2) is 0 Å². The van der Waals surface area contributed by atoms with Crippen molar-refractivity contribution in [3.05, 3.63) is 0 Å². The molecule has 0 aromatic carbocycles. The third-order valence-corrected chi connectivity index (χ3v) is 3.24. The van der Waals surface area contributed by atoms with Gasteiger partial charge >= 0.3 is 17.9 Å². The van der Waals surface area contributed by atoms with Crippen LogP contribution in [0.2, 0.25) is 0 Å². The first-order valence-electron chi connectivity index (χ1n) is 6.22. The van der Waals surface area contributed by atoms with Crippen molar-refractivity contribution in [1.82, 2.24) is 0 Å². The maximum Gasteiger partial charge on any atom is 0.307 e. The summed E-state index contributed by atoms with van der Waals surface area (Å²) in [5, 5.41) is 1.44. The fraction of sp³-hybridized carbons (Fsp3) is 0.750. The second-order valence-electron chi connectivity index (χ2n) is 3.79. The average Bonchev–Trinajstić information content (AvgIpc) is 2.42. The zero-order valence-corrected chi connectivity index (χ0v) is 16.1. The van der Waals surface area contributed by atoms with Gasteiger partial charge in [-0.15, -0.1) is 0 Å². The predicted octanol–water partition coefficient (Wildman–Crippen LogP) is 2.34. The summed E-state index contributed by atoms with van der Waals surface area (Å²) in [7, 11) is 0. The van der Waals surface area contributed by atoms with Crippen molar-refractivity contribution < 1.29 is 28.6 Å². The number of rotatable bonds is 11. The Morgan fingerprint density at radius 2 is 1.10 bits per heavy atom. The molecule has 122 valence electrons. The summed E-state index contributed by atoms with van der Waals surface area (Å²) < 4.78 is 15.0. The highest BCUT2D eigenvalue weighted by molar-refractivity contribution is 9.09. The van der Waals surface area contributed by atoms with E-state index < -0.39 is 24.0 Å². The van der Waals surface area contributed by atoms with E-state index in [0.29, 0.717) is 16.0 Å². The first-order chi connectivity index (χ1) is 10.0. The van der Waals surface area contributed by atoms with Gasteiger partial charge < -0.3 is 14.2 Å². The molecule has 0 fully saturated rings. The van der Waals surface area contributed by atoms with Crippen molar-refractivity contribution in [2.75, 3.05) is 29.2 Å². The largest absolute Gasteiger partial charge is 0.462 e. The van der Waals surface area contributed by atoms with E-state index in [0.717, 1.165) is 0 Å². The highest BCUT2D eigenvalue weighted by Crippen LogP contribution is 2.03. The lowest BCUT2D eigenvalue weighted by Crippen LogP contribution is -2.31. The van der Waals surface area contributed by atoms with Crippen LogP contribution in [0.4, 0.5) is 0 Å². The van der Waals surface area contributed by atoms with Crippen molar-refractivity contribution in [2.45, 2.75) is 25.4 Å². The van der Waals surface area contributed by atoms with Gasteiger partial charge in [-0.2, -0.15) is 0 Å². The molecule has 0 aromatic heterocycles. The number of carbonyl (C=O) groups excluding carboxylic acids is 3. The molecule has 0 bridgehead atoms. The number of hydrogen-bond donors (Lipinski definition) is 0. The number of ether oxygens (including phenoxy) is 3. The lowest BCUT2D eigenvalue weighted by atomic mass is 10.4. The SMILES string of the molecule is O=C(CCBr)OCC(COC(=O)CCBr)OC(=O)CCBr. The van der Waals surface area contributed by atoms with Crippen molar-refractivity contribution in [1.29, 1.82) is 0 Å². The lowest BCUT2D eigenvalue weighted by molar-refractivity contribution is -0.166. The molecule has 0 saturated heterocycles. The van der Waals surface area contributed by atoms with Gasteiger partial charge in [0.15, 0.2) is 6.10 Å². The van der Waals surface area contributed by atoms with Gasteiger partial charge in [-0.05, 0) is 0 Å². The molecule has 0 N–H and O–H groups in total. The normalized spacial score (nSPS) is 10.3. The summed E-state index contributed by atoms with van der Waals surface area (Å²) in [5.74, 6) is -1.29. The molecule has 9 heteroatoms. The van der Waals surface area contributed by atoms with Gasteiger partial charge in [0, 0.05) is 16.0 Å². The van der Waals surface area contributed by atoms with Crippen LogP contribution in [0.5, 0.6) is 0 Å². The Labute approximate surface area is 148 Å². The molecule has 0 spiro atoms. The van der Waals surface area contributed by atoms with Crippen LogP contribution in [-0.4, -0.2) is 53.2 Å². The Hall–Kier alpha value is -0.150. The molecular formula is C12H17Br3O6. The van der Waals surface area contributed by atoms with Gasteiger partial charge in [0.25, 0.3) is 0 Å². The quantitative estimate of drug-likeness (QED) is 0.248. The van der Waals surface area contributed by atoms with E-state index in [4.69, 9.17) is 14.2 Å². The minimum atomic E-state index is -0.796. The molecular weight excluding hydrogens is 480 g/mol. The molecule has 0 amide bonds. The summed E-state index contributed by atoms with van der Waals surface area (Å²) in [5.41, 5.74) is 0. The minimum Gasteiger partial charge on any atom is -0.462 e. The summed E-state index contributed by atoms with van der Waals surface area (Å²) in [6.07, 6.45) is -0.187. The molecule has 0 radical (unpaired) electrons. The molecule has 0 heterocycles. The summed E-state index contributed by atoms with van der Waals surface area (Å²) >= 11 is 9.36. The van der Waals surface area contributed by atoms with Crippen molar-refractivity contribution in [2.24, 2.45) is 0 Å². The molecule has 0 atom stereocenters. The Morgan fingerprint density at radius 1 is 0.714 bits per heavy atom. The van der Waals surface area contributed by atoms with Gasteiger partial charge in [0.2, 0.25) is 0 Å². The van der Waals surface area contributed by atoms with Crippen molar-refractivity contribution >= 4 is 65.7 Å². The van der Waals surface area contributed by atoms with Crippen LogP contribution in [0.1, 0.15) is 19.3 Å². The van der Waals surface area contributed by atoms with Crippen molar-refractivity contribution in [3.63, 3.8) is 0 Å². The fourth-order valence-electron chi connectivity index (χ4n) is 1.11. The number of halogens is 3. The summed E-state index contributed by atoms with van der Waals surface area (Å²) in [6, 6.07) is 0. The van der Waals surface area contributed by atoms with E-state index in [1.165, 1.54) is 0 Å². The predicted molar refractivity (Wildman–Crippen MR) is 87.0 cm³/mol. The van der Waals surface area contributed by atoms with Crippen LogP contribution < -0.4 is 0 Å². The van der Waals surface area contributed by atoms with Crippen LogP contribution in [0.15, 0.2) is 0 Å². The third kappa shape index (κ3) is 12.1. The molecule has 0 aliphatic heterocycles. The molecule has 0 rings (SSSR count). The summed E-state index contributed by atoms with van der Waals surface area (Å²) in [6.45, 7) is -0.275. The second kappa shape index (κ2) is 13.5. The highest BCUT2D eigenvalue weighted by Gasteiger charge is 2.18. The first-order valence-corrected chi connectivity index (χ1v) is 9.58. The number of esters is 3. The molecule has 0 aromatic rings. The van der Waals surface area contributed by atoms with E-state index in [1.54, 1.807) is 0 Å². The van der Waals surface area contributed by atoms with Crippen LogP contribution in [-0.2, 0) is 28.6 Å². The smallest absolute Gasteiger partial charge is 0.307 e. The van der Waals surface area contributed by atoms with Crippen LogP contribution in [0.3, 0.4) is 0 Å². The van der Waals surface area contributed by atoms with Gasteiger partial charge in [0.1, 0.15) is 13.2 Å². The highest BCUT2D eigenvalue weighted by atomic mass is 79.9. The lowest BCUT2D eigenvalue weighted by Gasteiger charge is -2.17.